The van der Waals surface area contributed by atoms with Crippen LogP contribution in [-0.2, 0) is 17.9 Å². The molecule has 0 unspecified atom stereocenters. The number of aliphatic imine (C=N–C) groups is 1. The van der Waals surface area contributed by atoms with Crippen molar-refractivity contribution < 1.29 is 4.79 Å². The molecule has 0 saturated carbocycles. The number of carbonyl (C=O) groups is 1. The van der Waals surface area contributed by atoms with Gasteiger partial charge in [0.2, 0.25) is 11.9 Å². The highest BCUT2D eigenvalue weighted by Crippen LogP contribution is 2.35. The average molecular weight is 397 g/mol. The van der Waals surface area contributed by atoms with Crippen LogP contribution < -0.4 is 16.8 Å². The summed E-state index contributed by atoms with van der Waals surface area (Å²) in [4.78, 5) is 24.0. The molecular weight excluding hydrogens is 378 g/mol. The number of carbonyl (C=O) groups excluding carboxylic acids is 1. The SMILES string of the molecule is NC(=O)Cn1ccc2ccc(-c3cc(Nc4ccnc(N)n4)cc4c3CN=C4)cc21. The van der Waals surface area contributed by atoms with Crippen LogP contribution in [0.2, 0.25) is 0 Å². The van der Waals surface area contributed by atoms with E-state index in [9.17, 15) is 4.79 Å². The molecular formula is C22H19N7O. The zero-order chi connectivity index (χ0) is 20.7. The highest BCUT2D eigenvalue weighted by molar-refractivity contribution is 5.94. The molecule has 1 aliphatic heterocycles. The third-order valence-electron chi connectivity index (χ3n) is 5.12. The van der Waals surface area contributed by atoms with Crippen LogP contribution in [-0.4, -0.2) is 26.7 Å². The molecule has 0 fully saturated rings. The van der Waals surface area contributed by atoms with Gasteiger partial charge in [-0.05, 0) is 52.4 Å². The second kappa shape index (κ2) is 7.00. The molecule has 8 heteroatoms. The van der Waals surface area contributed by atoms with Crippen LogP contribution in [0.15, 0.2) is 59.9 Å². The average Bonchev–Trinajstić information content (AvgIpc) is 3.34. The number of hydrogen-bond acceptors (Lipinski definition) is 6. The number of nitrogen functional groups attached to an aromatic ring is 1. The largest absolute Gasteiger partial charge is 0.368 e. The smallest absolute Gasteiger partial charge is 0.237 e. The summed E-state index contributed by atoms with van der Waals surface area (Å²) >= 11 is 0. The highest BCUT2D eigenvalue weighted by Gasteiger charge is 2.16. The third-order valence-corrected chi connectivity index (χ3v) is 5.12. The van der Waals surface area contributed by atoms with Crippen molar-refractivity contribution in [3.8, 4) is 11.1 Å². The fourth-order valence-corrected chi connectivity index (χ4v) is 3.80. The van der Waals surface area contributed by atoms with Gasteiger partial charge < -0.3 is 21.4 Å². The van der Waals surface area contributed by atoms with Gasteiger partial charge in [0.25, 0.3) is 0 Å². The van der Waals surface area contributed by atoms with Crippen molar-refractivity contribution in [1.82, 2.24) is 14.5 Å². The zero-order valence-corrected chi connectivity index (χ0v) is 16.0. The second-order valence-corrected chi connectivity index (χ2v) is 7.17. The lowest BCUT2D eigenvalue weighted by atomic mass is 9.95. The number of benzene rings is 2. The molecule has 0 spiro atoms. The van der Waals surface area contributed by atoms with Crippen LogP contribution >= 0.6 is 0 Å². The molecule has 148 valence electrons. The number of amides is 1. The van der Waals surface area contributed by atoms with E-state index in [0.29, 0.717) is 12.4 Å². The van der Waals surface area contributed by atoms with Crippen molar-refractivity contribution in [2.45, 2.75) is 13.1 Å². The van der Waals surface area contributed by atoms with E-state index in [1.165, 1.54) is 0 Å². The van der Waals surface area contributed by atoms with Gasteiger partial charge in [0, 0.05) is 35.4 Å². The number of nitrogens with zero attached hydrogens (tertiary/aromatic N) is 4. The van der Waals surface area contributed by atoms with Gasteiger partial charge in [-0.1, -0.05) is 12.1 Å². The lowest BCUT2D eigenvalue weighted by Crippen LogP contribution is -2.17. The first-order chi connectivity index (χ1) is 14.6. The van der Waals surface area contributed by atoms with Gasteiger partial charge in [-0.25, -0.2) is 4.98 Å². The monoisotopic (exact) mass is 397 g/mol. The Morgan fingerprint density at radius 3 is 2.90 bits per heavy atom. The Balaban J connectivity index is 1.60. The lowest BCUT2D eigenvalue weighted by Gasteiger charge is -2.14. The predicted octanol–water partition coefficient (Wildman–Crippen LogP) is 2.84. The summed E-state index contributed by atoms with van der Waals surface area (Å²) in [5.41, 5.74) is 17.3. The maximum atomic E-state index is 11.4. The lowest BCUT2D eigenvalue weighted by molar-refractivity contribution is -0.118. The molecule has 1 aliphatic rings. The molecule has 2 aromatic heterocycles. The summed E-state index contributed by atoms with van der Waals surface area (Å²) in [5.74, 6) is 0.459. The Hall–Kier alpha value is -4.20. The molecule has 3 heterocycles. The van der Waals surface area contributed by atoms with E-state index in [2.05, 4.69) is 44.5 Å². The molecule has 1 amide bonds. The normalized spacial score (nSPS) is 12.3. The van der Waals surface area contributed by atoms with Crippen molar-refractivity contribution in [2.24, 2.45) is 10.7 Å². The summed E-state index contributed by atoms with van der Waals surface area (Å²) in [7, 11) is 0. The molecule has 4 aromatic rings. The standard InChI is InChI=1S/C22H19N7O/c23-20(30)12-29-6-4-13-1-2-14(8-19(13)29)17-9-16(7-15-10-25-11-18(15)17)27-21-3-5-26-22(24)28-21/h1-10H,11-12H2,(H2,23,30)(H3,24,26,27,28). The maximum absolute atomic E-state index is 11.4. The maximum Gasteiger partial charge on any atom is 0.237 e. The Morgan fingerprint density at radius 1 is 1.17 bits per heavy atom. The van der Waals surface area contributed by atoms with E-state index in [1.54, 1.807) is 12.3 Å². The molecule has 5 N–H and O–H groups in total. The third kappa shape index (κ3) is 3.24. The summed E-state index contributed by atoms with van der Waals surface area (Å²) in [6.07, 6.45) is 5.37. The Morgan fingerprint density at radius 2 is 2.07 bits per heavy atom. The van der Waals surface area contributed by atoms with Gasteiger partial charge in [-0.2, -0.15) is 4.98 Å². The van der Waals surface area contributed by atoms with Gasteiger partial charge in [-0.3, -0.25) is 9.79 Å². The topological polar surface area (TPSA) is 124 Å². The Labute approximate surface area is 172 Å². The molecule has 0 bridgehead atoms. The minimum Gasteiger partial charge on any atom is -0.368 e. The minimum atomic E-state index is -0.373. The summed E-state index contributed by atoms with van der Waals surface area (Å²) < 4.78 is 1.86. The number of nitrogens with two attached hydrogens (primary N) is 2. The van der Waals surface area contributed by atoms with Gasteiger partial charge in [0.05, 0.1) is 6.54 Å². The van der Waals surface area contributed by atoms with E-state index >= 15 is 0 Å². The Kier molecular flexibility index (Phi) is 4.17. The molecule has 0 radical (unpaired) electrons. The molecule has 2 aromatic carbocycles. The summed E-state index contributed by atoms with van der Waals surface area (Å²) in [6, 6.07) is 14.1. The first-order valence-corrected chi connectivity index (χ1v) is 9.47. The number of hydrogen-bond donors (Lipinski definition) is 3. The van der Waals surface area contributed by atoms with Crippen molar-refractivity contribution in [3.05, 3.63) is 66.0 Å². The van der Waals surface area contributed by atoms with Crippen LogP contribution in [0, 0.1) is 0 Å². The van der Waals surface area contributed by atoms with Crippen LogP contribution in [0.5, 0.6) is 0 Å². The van der Waals surface area contributed by atoms with Crippen molar-refractivity contribution in [2.75, 3.05) is 11.1 Å². The highest BCUT2D eigenvalue weighted by atomic mass is 16.1. The Bertz CT molecular complexity index is 1320. The van der Waals surface area contributed by atoms with E-state index < -0.39 is 0 Å². The molecule has 0 atom stereocenters. The second-order valence-electron chi connectivity index (χ2n) is 7.17. The molecule has 8 nitrogen and oxygen atoms in total. The number of aromatic nitrogens is 3. The molecule has 0 saturated heterocycles. The summed E-state index contributed by atoms with van der Waals surface area (Å²) in [6.45, 7) is 0.774. The number of rotatable bonds is 5. The van der Waals surface area contributed by atoms with Crippen LogP contribution in [0.25, 0.3) is 22.0 Å². The van der Waals surface area contributed by atoms with Crippen molar-refractivity contribution >= 4 is 40.5 Å². The molecule has 5 rings (SSSR count). The van der Waals surface area contributed by atoms with E-state index in [4.69, 9.17) is 11.5 Å². The quantitative estimate of drug-likeness (QED) is 0.478. The predicted molar refractivity (Wildman–Crippen MR) is 118 cm³/mol. The van der Waals surface area contributed by atoms with Crippen molar-refractivity contribution in [3.63, 3.8) is 0 Å². The zero-order valence-electron chi connectivity index (χ0n) is 16.0. The number of nitrogens with one attached hydrogen (secondary N) is 1. The molecule has 0 aliphatic carbocycles. The summed E-state index contributed by atoms with van der Waals surface area (Å²) in [5, 5.41) is 4.35. The number of fused-ring (bicyclic) bond motifs is 2. The van der Waals surface area contributed by atoms with E-state index in [1.807, 2.05) is 29.1 Å². The first-order valence-electron chi connectivity index (χ1n) is 9.47. The van der Waals surface area contributed by atoms with Crippen molar-refractivity contribution in [1.29, 1.82) is 0 Å². The minimum absolute atomic E-state index is 0.144. The van der Waals surface area contributed by atoms with E-state index in [-0.39, 0.29) is 18.4 Å². The fourth-order valence-electron chi connectivity index (χ4n) is 3.80. The molecule has 30 heavy (non-hydrogen) atoms. The van der Waals surface area contributed by atoms with Gasteiger partial charge in [0.15, 0.2) is 0 Å². The van der Waals surface area contributed by atoms with Crippen LogP contribution in [0.1, 0.15) is 11.1 Å². The van der Waals surface area contributed by atoms with E-state index in [0.717, 1.165) is 38.8 Å². The number of anilines is 3. The van der Waals surface area contributed by atoms with Crippen LogP contribution in [0.3, 0.4) is 0 Å². The first kappa shape index (κ1) is 17.9. The van der Waals surface area contributed by atoms with Gasteiger partial charge in [0.1, 0.15) is 12.4 Å². The number of primary amides is 1. The van der Waals surface area contributed by atoms with Crippen LogP contribution in [0.4, 0.5) is 17.5 Å². The van der Waals surface area contributed by atoms with Gasteiger partial charge in [-0.15, -0.1) is 0 Å². The fraction of sp³-hybridized carbons (Fsp3) is 0.0909. The van der Waals surface area contributed by atoms with Gasteiger partial charge >= 0.3 is 0 Å².